The molecule has 1 rings (SSSR count). The highest BCUT2D eigenvalue weighted by Crippen LogP contribution is 2.27. The molecule has 0 aromatic carbocycles. The van der Waals surface area contributed by atoms with Crippen LogP contribution in [0.1, 0.15) is 54.9 Å². The van der Waals surface area contributed by atoms with Crippen LogP contribution in [0.15, 0.2) is 12.4 Å². The maximum absolute atomic E-state index is 3.77. The maximum Gasteiger partial charge on any atom is 0.330 e. The molecule has 0 unspecified atom stereocenters. The molecule has 0 aromatic rings. The largest absolute Gasteiger partial charge is 0.371 e. The third-order valence-corrected chi connectivity index (χ3v) is 6.64. The monoisotopic (exact) mass is 255 g/mol. The Morgan fingerprint density at radius 1 is 0.941 bits per heavy atom. The second-order valence-corrected chi connectivity index (χ2v) is 9.05. The minimum Gasteiger partial charge on any atom is -0.371 e. The van der Waals surface area contributed by atoms with Crippen LogP contribution in [0.25, 0.3) is 0 Å². The SMILES string of the molecule is CCCN[SiH]1N(C(C)(C)C)C=CN1C(C)(C)C. The van der Waals surface area contributed by atoms with Crippen molar-refractivity contribution in [3.8, 4) is 0 Å². The Morgan fingerprint density at radius 3 is 1.65 bits per heavy atom. The molecule has 1 aliphatic heterocycles. The molecule has 3 nitrogen and oxygen atoms in total. The lowest BCUT2D eigenvalue weighted by Crippen LogP contribution is -2.63. The molecule has 1 N–H and O–H groups in total. The molecule has 1 heterocycles. The first-order valence-electron chi connectivity index (χ1n) is 6.66. The number of hydrogen-bond donors (Lipinski definition) is 1. The van der Waals surface area contributed by atoms with Crippen molar-refractivity contribution in [2.45, 2.75) is 66.0 Å². The Bertz CT molecular complexity index is 251. The zero-order chi connectivity index (χ0) is 13.3. The first-order valence-corrected chi connectivity index (χ1v) is 8.27. The Labute approximate surface area is 109 Å². The summed E-state index contributed by atoms with van der Waals surface area (Å²) in [5, 5.41) is 0. The van der Waals surface area contributed by atoms with Gasteiger partial charge in [-0.3, -0.25) is 0 Å². The molecule has 0 saturated heterocycles. The molecule has 0 aromatic heterocycles. The molecule has 100 valence electrons. The van der Waals surface area contributed by atoms with Gasteiger partial charge in [0, 0.05) is 23.5 Å². The van der Waals surface area contributed by atoms with Crippen molar-refractivity contribution in [3.05, 3.63) is 12.4 Å². The molecule has 0 spiro atoms. The second kappa shape index (κ2) is 5.02. The van der Waals surface area contributed by atoms with Crippen LogP contribution in [0, 0.1) is 0 Å². The molecule has 0 radical (unpaired) electrons. The summed E-state index contributed by atoms with van der Waals surface area (Å²) < 4.78 is 5.07. The van der Waals surface area contributed by atoms with Crippen LogP contribution in [0.2, 0.25) is 0 Å². The highest BCUT2D eigenvalue weighted by Gasteiger charge is 2.39. The van der Waals surface area contributed by atoms with Gasteiger partial charge in [0.2, 0.25) is 0 Å². The normalized spacial score (nSPS) is 18.3. The van der Waals surface area contributed by atoms with Crippen LogP contribution < -0.4 is 4.98 Å². The van der Waals surface area contributed by atoms with Gasteiger partial charge in [0.05, 0.1) is 0 Å². The Kier molecular flexibility index (Phi) is 4.31. The van der Waals surface area contributed by atoms with Gasteiger partial charge in [-0.15, -0.1) is 0 Å². The van der Waals surface area contributed by atoms with E-state index in [-0.39, 0.29) is 11.1 Å². The van der Waals surface area contributed by atoms with E-state index in [2.05, 4.69) is 75.0 Å². The fourth-order valence-corrected chi connectivity index (χ4v) is 5.25. The van der Waals surface area contributed by atoms with Crippen LogP contribution in [0.4, 0.5) is 0 Å². The number of hydrogen-bond acceptors (Lipinski definition) is 3. The van der Waals surface area contributed by atoms with Crippen LogP contribution in [0.5, 0.6) is 0 Å². The van der Waals surface area contributed by atoms with Crippen molar-refractivity contribution in [1.82, 2.24) is 14.1 Å². The minimum atomic E-state index is -1.27. The number of rotatable bonds is 3. The quantitative estimate of drug-likeness (QED) is 0.781. The summed E-state index contributed by atoms with van der Waals surface area (Å²) in [7, 11) is -1.27. The molecule has 1 aliphatic rings. The van der Waals surface area contributed by atoms with Crippen LogP contribution >= 0.6 is 0 Å². The summed E-state index contributed by atoms with van der Waals surface area (Å²) in [5.41, 5.74) is 0.405. The fourth-order valence-electron chi connectivity index (χ4n) is 2.09. The van der Waals surface area contributed by atoms with Crippen molar-refractivity contribution in [2.75, 3.05) is 6.54 Å². The van der Waals surface area contributed by atoms with Gasteiger partial charge in [0.25, 0.3) is 0 Å². The topological polar surface area (TPSA) is 18.5 Å². The average Bonchev–Trinajstić information content (AvgIpc) is 2.56. The first kappa shape index (κ1) is 14.6. The van der Waals surface area contributed by atoms with E-state index < -0.39 is 9.28 Å². The van der Waals surface area contributed by atoms with Gasteiger partial charge >= 0.3 is 9.28 Å². The second-order valence-electron chi connectivity index (χ2n) is 6.78. The number of nitrogens with zero attached hydrogens (tertiary/aromatic N) is 2. The molecule has 0 fully saturated rings. The summed E-state index contributed by atoms with van der Waals surface area (Å²) in [6, 6.07) is 0. The maximum atomic E-state index is 3.77. The van der Waals surface area contributed by atoms with Crippen LogP contribution in [-0.2, 0) is 0 Å². The molecule has 17 heavy (non-hydrogen) atoms. The molecule has 0 bridgehead atoms. The molecule has 4 heteroatoms. The average molecular weight is 255 g/mol. The molecule has 0 aliphatic carbocycles. The van der Waals surface area contributed by atoms with E-state index in [0.717, 1.165) is 6.54 Å². The summed E-state index contributed by atoms with van der Waals surface area (Å²) in [6.45, 7) is 17.1. The van der Waals surface area contributed by atoms with Crippen molar-refractivity contribution < 1.29 is 0 Å². The van der Waals surface area contributed by atoms with Crippen molar-refractivity contribution in [1.29, 1.82) is 0 Å². The van der Waals surface area contributed by atoms with Gasteiger partial charge in [0.15, 0.2) is 0 Å². The smallest absolute Gasteiger partial charge is 0.330 e. The van der Waals surface area contributed by atoms with Gasteiger partial charge in [-0.2, -0.15) is 0 Å². The van der Waals surface area contributed by atoms with Gasteiger partial charge in [0.1, 0.15) is 0 Å². The van der Waals surface area contributed by atoms with Crippen LogP contribution in [0.3, 0.4) is 0 Å². The van der Waals surface area contributed by atoms with E-state index in [4.69, 9.17) is 0 Å². The van der Waals surface area contributed by atoms with Crippen LogP contribution in [-0.4, -0.2) is 36.0 Å². The van der Waals surface area contributed by atoms with E-state index in [0.29, 0.717) is 0 Å². The predicted molar refractivity (Wildman–Crippen MR) is 77.8 cm³/mol. The fraction of sp³-hybridized carbons (Fsp3) is 0.846. The predicted octanol–water partition coefficient (Wildman–Crippen LogP) is 2.39. The highest BCUT2D eigenvalue weighted by atomic mass is 28.3. The van der Waals surface area contributed by atoms with E-state index >= 15 is 0 Å². The van der Waals surface area contributed by atoms with Crippen molar-refractivity contribution >= 4 is 9.28 Å². The lowest BCUT2D eigenvalue weighted by atomic mass is 10.1. The third kappa shape index (κ3) is 3.49. The van der Waals surface area contributed by atoms with E-state index in [1.807, 2.05) is 0 Å². The Morgan fingerprint density at radius 2 is 1.35 bits per heavy atom. The summed E-state index contributed by atoms with van der Waals surface area (Å²) in [6.07, 6.45) is 5.73. The van der Waals surface area contributed by atoms with Gasteiger partial charge in [-0.25, -0.2) is 0 Å². The third-order valence-electron chi connectivity index (χ3n) is 3.04. The van der Waals surface area contributed by atoms with Crippen molar-refractivity contribution in [2.24, 2.45) is 0 Å². The van der Waals surface area contributed by atoms with Crippen molar-refractivity contribution in [3.63, 3.8) is 0 Å². The molecule has 0 atom stereocenters. The summed E-state index contributed by atoms with van der Waals surface area (Å²) in [4.78, 5) is 3.77. The van der Waals surface area contributed by atoms with Gasteiger partial charge in [-0.1, -0.05) is 6.92 Å². The van der Waals surface area contributed by atoms with Gasteiger partial charge in [-0.05, 0) is 54.5 Å². The lowest BCUT2D eigenvalue weighted by Gasteiger charge is -2.44. The molecular weight excluding hydrogens is 226 g/mol. The molecular formula is C13H29N3Si. The summed E-state index contributed by atoms with van der Waals surface area (Å²) in [5.74, 6) is 0. The first-order chi connectivity index (χ1) is 7.68. The van der Waals surface area contributed by atoms with E-state index in [1.165, 1.54) is 6.42 Å². The highest BCUT2D eigenvalue weighted by molar-refractivity contribution is 6.51. The molecule has 0 saturated carbocycles. The zero-order valence-electron chi connectivity index (χ0n) is 12.5. The summed E-state index contributed by atoms with van der Waals surface area (Å²) >= 11 is 0. The number of nitrogens with one attached hydrogen (secondary N) is 1. The molecule has 0 amide bonds. The standard InChI is InChI=1S/C13H29N3Si/c1-8-9-14-17-15(12(2,3)4)10-11-16(17)13(5,6)7/h10-11,14,17H,8-9H2,1-7H3. The van der Waals surface area contributed by atoms with E-state index in [9.17, 15) is 0 Å². The lowest BCUT2D eigenvalue weighted by molar-refractivity contribution is 0.272. The van der Waals surface area contributed by atoms with Gasteiger partial charge < -0.3 is 14.1 Å². The zero-order valence-corrected chi connectivity index (χ0v) is 13.7. The minimum absolute atomic E-state index is 0.203. The Balaban J connectivity index is 2.86. The van der Waals surface area contributed by atoms with E-state index in [1.54, 1.807) is 0 Å². The Hall–Kier alpha value is -0.483.